The van der Waals surface area contributed by atoms with E-state index in [0.29, 0.717) is 0 Å². The van der Waals surface area contributed by atoms with E-state index < -0.39 is 11.5 Å². The van der Waals surface area contributed by atoms with Gasteiger partial charge in [0.05, 0.1) is 12.0 Å². The molecule has 1 atom stereocenters. The monoisotopic (exact) mass is 235 g/mol. The van der Waals surface area contributed by atoms with Crippen LogP contribution >= 0.6 is 0 Å². The van der Waals surface area contributed by atoms with E-state index in [4.69, 9.17) is 5.11 Å². The molecule has 17 heavy (non-hydrogen) atoms. The molecule has 2 rings (SSSR count). The largest absolute Gasteiger partial charge is 0.508 e. The van der Waals surface area contributed by atoms with Crippen LogP contribution in [0.2, 0.25) is 0 Å². The summed E-state index contributed by atoms with van der Waals surface area (Å²) in [5, 5.41) is 21.9. The second-order valence-corrected chi connectivity index (χ2v) is 4.59. The molecule has 92 valence electrons. The van der Waals surface area contributed by atoms with Crippen LogP contribution in [0.3, 0.4) is 0 Å². The quantitative estimate of drug-likeness (QED) is 0.747. The number of benzene rings is 1. The van der Waals surface area contributed by atoms with Crippen molar-refractivity contribution in [2.75, 3.05) is 6.54 Å². The highest BCUT2D eigenvalue weighted by Crippen LogP contribution is 2.34. The normalized spacial score (nSPS) is 24.5. The fourth-order valence-electron chi connectivity index (χ4n) is 2.53. The zero-order valence-electron chi connectivity index (χ0n) is 9.65. The lowest BCUT2D eigenvalue weighted by Crippen LogP contribution is -2.47. The minimum atomic E-state index is -0.817. The molecule has 0 saturated carbocycles. The number of piperidine rings is 1. The van der Waals surface area contributed by atoms with Gasteiger partial charge < -0.3 is 15.5 Å². The number of aromatic hydroxyl groups is 1. The van der Waals surface area contributed by atoms with Gasteiger partial charge in [0.1, 0.15) is 5.75 Å². The molecule has 3 N–H and O–H groups in total. The van der Waals surface area contributed by atoms with Crippen molar-refractivity contribution in [3.8, 4) is 5.75 Å². The van der Waals surface area contributed by atoms with Crippen LogP contribution in [0, 0.1) is 0 Å². The summed E-state index contributed by atoms with van der Waals surface area (Å²) in [6.45, 7) is 0.822. The summed E-state index contributed by atoms with van der Waals surface area (Å²) in [6, 6.07) is 6.88. The van der Waals surface area contributed by atoms with E-state index in [1.54, 1.807) is 18.2 Å². The fraction of sp³-hybridized carbons (Fsp3) is 0.462. The summed E-state index contributed by atoms with van der Waals surface area (Å²) in [5.41, 5.74) is 0.336. The van der Waals surface area contributed by atoms with Gasteiger partial charge in [0.2, 0.25) is 0 Å². The Morgan fingerprint density at radius 3 is 2.82 bits per heavy atom. The second kappa shape index (κ2) is 4.75. The van der Waals surface area contributed by atoms with Crippen LogP contribution in [0.25, 0.3) is 0 Å². The Kier molecular flexibility index (Phi) is 3.33. The Labute approximate surface area is 100 Å². The molecule has 4 nitrogen and oxygen atoms in total. The first-order chi connectivity index (χ1) is 8.12. The third kappa shape index (κ3) is 2.58. The first-order valence-electron chi connectivity index (χ1n) is 5.89. The van der Waals surface area contributed by atoms with E-state index in [-0.39, 0.29) is 12.2 Å². The van der Waals surface area contributed by atoms with E-state index in [1.807, 2.05) is 6.07 Å². The topological polar surface area (TPSA) is 69.6 Å². The van der Waals surface area contributed by atoms with Crippen LogP contribution in [-0.4, -0.2) is 22.7 Å². The maximum absolute atomic E-state index is 11.0. The minimum Gasteiger partial charge on any atom is -0.508 e. The molecule has 0 aliphatic carbocycles. The van der Waals surface area contributed by atoms with Crippen molar-refractivity contribution in [2.45, 2.75) is 31.2 Å². The lowest BCUT2D eigenvalue weighted by molar-refractivity contribution is -0.139. The molecule has 0 amide bonds. The standard InChI is InChI=1S/C13H17NO3/c15-11-5-3-4-10(8-11)13(9-12(16)17)6-1-2-7-14-13/h3-5,8,14-15H,1-2,6-7,9H2,(H,16,17). The molecular weight excluding hydrogens is 218 g/mol. The first kappa shape index (κ1) is 11.9. The summed E-state index contributed by atoms with van der Waals surface area (Å²) >= 11 is 0. The predicted molar refractivity (Wildman–Crippen MR) is 63.9 cm³/mol. The number of hydrogen-bond donors (Lipinski definition) is 3. The van der Waals surface area contributed by atoms with Gasteiger partial charge in [-0.05, 0) is 43.5 Å². The first-order valence-corrected chi connectivity index (χ1v) is 5.89. The van der Waals surface area contributed by atoms with Crippen LogP contribution in [-0.2, 0) is 10.3 Å². The third-order valence-electron chi connectivity index (χ3n) is 3.35. The van der Waals surface area contributed by atoms with Gasteiger partial charge in [0.25, 0.3) is 0 Å². The highest BCUT2D eigenvalue weighted by Gasteiger charge is 2.35. The number of nitrogens with one attached hydrogen (secondary N) is 1. The van der Waals surface area contributed by atoms with E-state index in [2.05, 4.69) is 5.32 Å². The van der Waals surface area contributed by atoms with Gasteiger partial charge in [-0.25, -0.2) is 0 Å². The van der Waals surface area contributed by atoms with Gasteiger partial charge in [-0.1, -0.05) is 12.1 Å². The summed E-state index contributed by atoms with van der Waals surface area (Å²) < 4.78 is 0. The van der Waals surface area contributed by atoms with Crippen molar-refractivity contribution in [1.29, 1.82) is 0 Å². The lowest BCUT2D eigenvalue weighted by atomic mass is 9.79. The number of phenolic OH excluding ortho intramolecular Hbond substituents is 1. The molecule has 0 radical (unpaired) electrons. The molecule has 1 aromatic carbocycles. The van der Waals surface area contributed by atoms with Crippen molar-refractivity contribution in [3.05, 3.63) is 29.8 Å². The van der Waals surface area contributed by atoms with Gasteiger partial charge in [0.15, 0.2) is 0 Å². The SMILES string of the molecule is O=C(O)CC1(c2cccc(O)c2)CCCCN1. The Morgan fingerprint density at radius 2 is 2.24 bits per heavy atom. The Bertz CT molecular complexity index is 411. The van der Waals surface area contributed by atoms with E-state index in [0.717, 1.165) is 31.4 Å². The molecule has 1 aliphatic heterocycles. The molecule has 0 bridgehead atoms. The summed E-state index contributed by atoms with van der Waals surface area (Å²) in [6.07, 6.45) is 2.93. The molecular formula is C13H17NO3. The number of carboxylic acid groups (broad SMARTS) is 1. The highest BCUT2D eigenvalue weighted by atomic mass is 16.4. The number of phenols is 1. The number of carboxylic acids is 1. The van der Waals surface area contributed by atoms with E-state index in [1.165, 1.54) is 0 Å². The van der Waals surface area contributed by atoms with E-state index in [9.17, 15) is 9.90 Å². The van der Waals surface area contributed by atoms with Gasteiger partial charge in [-0.15, -0.1) is 0 Å². The average Bonchev–Trinajstić information content (AvgIpc) is 2.29. The average molecular weight is 235 g/mol. The minimum absolute atomic E-state index is 0.0520. The number of aliphatic carboxylic acids is 1. The molecule has 0 spiro atoms. The predicted octanol–water partition coefficient (Wildman–Crippen LogP) is 1.84. The van der Waals surface area contributed by atoms with E-state index >= 15 is 0 Å². The lowest BCUT2D eigenvalue weighted by Gasteiger charge is -2.38. The molecule has 1 aromatic rings. The highest BCUT2D eigenvalue weighted by molar-refractivity contribution is 5.69. The van der Waals surface area contributed by atoms with Gasteiger partial charge in [-0.3, -0.25) is 4.79 Å². The Morgan fingerprint density at radius 1 is 1.41 bits per heavy atom. The summed E-state index contributed by atoms with van der Waals surface area (Å²) in [5.74, 6) is -0.637. The molecule has 1 heterocycles. The molecule has 0 aromatic heterocycles. The van der Waals surface area contributed by atoms with Crippen molar-refractivity contribution < 1.29 is 15.0 Å². The zero-order valence-corrected chi connectivity index (χ0v) is 9.65. The Balaban J connectivity index is 2.35. The van der Waals surface area contributed by atoms with Crippen LogP contribution in [0.1, 0.15) is 31.2 Å². The molecule has 1 saturated heterocycles. The Hall–Kier alpha value is -1.55. The van der Waals surface area contributed by atoms with Crippen LogP contribution in [0.5, 0.6) is 5.75 Å². The number of rotatable bonds is 3. The third-order valence-corrected chi connectivity index (χ3v) is 3.35. The van der Waals surface area contributed by atoms with Crippen molar-refractivity contribution in [3.63, 3.8) is 0 Å². The molecule has 1 fully saturated rings. The van der Waals surface area contributed by atoms with Crippen LogP contribution < -0.4 is 5.32 Å². The summed E-state index contributed by atoms with van der Waals surface area (Å²) in [7, 11) is 0. The van der Waals surface area contributed by atoms with Gasteiger partial charge in [-0.2, -0.15) is 0 Å². The van der Waals surface area contributed by atoms with Crippen molar-refractivity contribution >= 4 is 5.97 Å². The van der Waals surface area contributed by atoms with Crippen LogP contribution in [0.15, 0.2) is 24.3 Å². The van der Waals surface area contributed by atoms with Crippen LogP contribution in [0.4, 0.5) is 0 Å². The second-order valence-electron chi connectivity index (χ2n) is 4.59. The summed E-state index contributed by atoms with van der Waals surface area (Å²) in [4.78, 5) is 11.0. The maximum Gasteiger partial charge on any atom is 0.305 e. The maximum atomic E-state index is 11.0. The zero-order chi connectivity index (χ0) is 12.3. The molecule has 1 aliphatic rings. The smallest absolute Gasteiger partial charge is 0.305 e. The number of hydrogen-bond acceptors (Lipinski definition) is 3. The molecule has 4 heteroatoms. The van der Waals surface area contributed by atoms with Crippen molar-refractivity contribution in [1.82, 2.24) is 5.32 Å². The molecule has 1 unspecified atom stereocenters. The van der Waals surface area contributed by atoms with Crippen molar-refractivity contribution in [2.24, 2.45) is 0 Å². The number of carbonyl (C=O) groups is 1. The van der Waals surface area contributed by atoms with Gasteiger partial charge in [0, 0.05) is 0 Å². The van der Waals surface area contributed by atoms with Gasteiger partial charge >= 0.3 is 5.97 Å². The fourth-order valence-corrected chi connectivity index (χ4v) is 2.53.